The molecule has 1 aliphatic rings. The van der Waals surface area contributed by atoms with E-state index in [2.05, 4.69) is 71.9 Å². The number of aliphatic hydroxyl groups is 1. The fourth-order valence-electron chi connectivity index (χ4n) is 4.49. The summed E-state index contributed by atoms with van der Waals surface area (Å²) in [4.78, 5) is 0. The molecule has 3 rings (SSSR count). The minimum absolute atomic E-state index is 0.0638. The van der Waals surface area contributed by atoms with Crippen LogP contribution >= 0.6 is 0 Å². The molecular formula is C25H34O2. The first kappa shape index (κ1) is 19.9. The van der Waals surface area contributed by atoms with E-state index in [9.17, 15) is 5.11 Å². The highest BCUT2D eigenvalue weighted by Crippen LogP contribution is 2.51. The molecule has 0 bridgehead atoms. The molecule has 0 amide bonds. The number of ether oxygens (including phenoxy) is 1. The van der Waals surface area contributed by atoms with Gasteiger partial charge in [-0.25, -0.2) is 0 Å². The average molecular weight is 367 g/mol. The van der Waals surface area contributed by atoms with E-state index in [1.54, 1.807) is 7.11 Å². The third-order valence-corrected chi connectivity index (χ3v) is 5.60. The van der Waals surface area contributed by atoms with Crippen LogP contribution in [0.2, 0.25) is 0 Å². The van der Waals surface area contributed by atoms with Crippen molar-refractivity contribution in [2.75, 3.05) is 7.11 Å². The summed E-state index contributed by atoms with van der Waals surface area (Å²) in [6.45, 7) is 13.4. The van der Waals surface area contributed by atoms with Gasteiger partial charge in [-0.2, -0.15) is 0 Å². The van der Waals surface area contributed by atoms with E-state index in [0.717, 1.165) is 35.3 Å². The van der Waals surface area contributed by atoms with E-state index < -0.39 is 6.10 Å². The summed E-state index contributed by atoms with van der Waals surface area (Å²) in [5.41, 5.74) is 5.97. The van der Waals surface area contributed by atoms with Gasteiger partial charge in [0.15, 0.2) is 0 Å². The summed E-state index contributed by atoms with van der Waals surface area (Å²) in [5, 5.41) is 11.2. The molecule has 0 fully saturated rings. The first-order valence-electron chi connectivity index (χ1n) is 10.0. The lowest BCUT2D eigenvalue weighted by Gasteiger charge is -2.27. The van der Waals surface area contributed by atoms with Crippen LogP contribution in [0.25, 0.3) is 11.1 Å². The van der Waals surface area contributed by atoms with Gasteiger partial charge in [-0.1, -0.05) is 71.9 Å². The predicted molar refractivity (Wildman–Crippen MR) is 113 cm³/mol. The van der Waals surface area contributed by atoms with Crippen molar-refractivity contribution in [2.45, 2.75) is 65.9 Å². The maximum atomic E-state index is 11.2. The molecule has 27 heavy (non-hydrogen) atoms. The SMILES string of the molecule is COc1c(C(C)(C)C)cc2c(c1-c1ccccc1)CC(CC(C)(C)C)C2O. The molecule has 0 spiro atoms. The zero-order valence-corrected chi connectivity index (χ0v) is 17.9. The molecule has 2 nitrogen and oxygen atoms in total. The van der Waals surface area contributed by atoms with Crippen molar-refractivity contribution in [3.8, 4) is 16.9 Å². The van der Waals surface area contributed by atoms with Gasteiger partial charge in [0.1, 0.15) is 5.75 Å². The van der Waals surface area contributed by atoms with E-state index in [1.165, 1.54) is 11.1 Å². The Hall–Kier alpha value is -1.80. The molecule has 2 heteroatoms. The number of fused-ring (bicyclic) bond motifs is 1. The largest absolute Gasteiger partial charge is 0.496 e. The van der Waals surface area contributed by atoms with Gasteiger partial charge in [-0.05, 0) is 52.3 Å². The van der Waals surface area contributed by atoms with Crippen LogP contribution in [0.3, 0.4) is 0 Å². The number of hydrogen-bond donors (Lipinski definition) is 1. The fraction of sp³-hybridized carbons (Fsp3) is 0.520. The summed E-state index contributed by atoms with van der Waals surface area (Å²) in [7, 11) is 1.77. The quantitative estimate of drug-likeness (QED) is 0.690. The Morgan fingerprint density at radius 3 is 2.19 bits per heavy atom. The minimum atomic E-state index is -0.409. The number of aliphatic hydroxyl groups excluding tert-OH is 1. The van der Waals surface area contributed by atoms with E-state index in [-0.39, 0.29) is 16.7 Å². The van der Waals surface area contributed by atoms with Crippen molar-refractivity contribution in [1.82, 2.24) is 0 Å². The first-order chi connectivity index (χ1) is 12.5. The smallest absolute Gasteiger partial charge is 0.130 e. The Labute approximate surface area is 164 Å². The highest BCUT2D eigenvalue weighted by molar-refractivity contribution is 5.78. The topological polar surface area (TPSA) is 29.5 Å². The van der Waals surface area contributed by atoms with Crippen LogP contribution in [0.15, 0.2) is 36.4 Å². The standard InChI is InChI=1S/C25H34O2/c1-24(2,3)15-17-13-18-19(22(17)26)14-20(25(4,5)6)23(27-7)21(18)16-11-9-8-10-12-16/h8-12,14,17,22,26H,13,15H2,1-7H3. The van der Waals surface area contributed by atoms with Gasteiger partial charge in [0.25, 0.3) is 0 Å². The maximum Gasteiger partial charge on any atom is 0.130 e. The summed E-state index contributed by atoms with van der Waals surface area (Å²) in [6, 6.07) is 12.7. The Kier molecular flexibility index (Phi) is 5.16. The minimum Gasteiger partial charge on any atom is -0.496 e. The van der Waals surface area contributed by atoms with Crippen LogP contribution in [0, 0.1) is 11.3 Å². The van der Waals surface area contributed by atoms with Crippen molar-refractivity contribution in [3.63, 3.8) is 0 Å². The zero-order valence-electron chi connectivity index (χ0n) is 17.9. The molecule has 0 radical (unpaired) electrons. The van der Waals surface area contributed by atoms with E-state index in [4.69, 9.17) is 4.74 Å². The molecule has 1 N–H and O–H groups in total. The molecule has 0 heterocycles. The highest BCUT2D eigenvalue weighted by atomic mass is 16.5. The molecule has 0 saturated heterocycles. The van der Waals surface area contributed by atoms with Gasteiger partial charge < -0.3 is 9.84 Å². The van der Waals surface area contributed by atoms with Crippen molar-refractivity contribution in [3.05, 3.63) is 53.1 Å². The molecule has 2 unspecified atom stereocenters. The average Bonchev–Trinajstić information content (AvgIpc) is 2.87. The molecule has 1 aliphatic carbocycles. The lowest BCUT2D eigenvalue weighted by Crippen LogP contribution is -2.17. The monoisotopic (exact) mass is 366 g/mol. The summed E-state index contributed by atoms with van der Waals surface area (Å²) < 4.78 is 5.97. The zero-order chi connectivity index (χ0) is 20.0. The lowest BCUT2D eigenvalue weighted by molar-refractivity contribution is 0.0955. The van der Waals surface area contributed by atoms with Crippen LogP contribution in [-0.4, -0.2) is 12.2 Å². The Balaban J connectivity index is 2.24. The third kappa shape index (κ3) is 3.91. The van der Waals surface area contributed by atoms with Crippen LogP contribution in [-0.2, 0) is 11.8 Å². The molecule has 0 saturated carbocycles. The molecule has 0 aliphatic heterocycles. The summed E-state index contributed by atoms with van der Waals surface area (Å²) in [6.07, 6.45) is 1.50. The van der Waals surface area contributed by atoms with Gasteiger partial charge in [-0.15, -0.1) is 0 Å². The van der Waals surface area contributed by atoms with Crippen LogP contribution < -0.4 is 4.74 Å². The Morgan fingerprint density at radius 2 is 1.67 bits per heavy atom. The molecule has 2 aromatic carbocycles. The van der Waals surface area contributed by atoms with E-state index >= 15 is 0 Å². The van der Waals surface area contributed by atoms with Crippen molar-refractivity contribution in [1.29, 1.82) is 0 Å². The van der Waals surface area contributed by atoms with Gasteiger partial charge >= 0.3 is 0 Å². The molecule has 0 aromatic heterocycles. The van der Waals surface area contributed by atoms with Gasteiger partial charge in [0, 0.05) is 11.1 Å². The van der Waals surface area contributed by atoms with Crippen molar-refractivity contribution in [2.24, 2.45) is 11.3 Å². The second kappa shape index (κ2) is 6.98. The second-order valence-electron chi connectivity index (χ2n) is 10.2. The molecule has 2 aromatic rings. The number of hydrogen-bond acceptors (Lipinski definition) is 2. The fourth-order valence-corrected chi connectivity index (χ4v) is 4.49. The molecule has 2 atom stereocenters. The molecular weight excluding hydrogens is 332 g/mol. The number of rotatable bonds is 3. The maximum absolute atomic E-state index is 11.2. The van der Waals surface area contributed by atoms with Crippen molar-refractivity contribution >= 4 is 0 Å². The Morgan fingerprint density at radius 1 is 1.04 bits per heavy atom. The van der Waals surface area contributed by atoms with Crippen LogP contribution in [0.4, 0.5) is 0 Å². The highest BCUT2D eigenvalue weighted by Gasteiger charge is 2.38. The third-order valence-electron chi connectivity index (χ3n) is 5.60. The van der Waals surface area contributed by atoms with Gasteiger partial charge in [0.2, 0.25) is 0 Å². The summed E-state index contributed by atoms with van der Waals surface area (Å²) >= 11 is 0. The number of benzene rings is 2. The van der Waals surface area contributed by atoms with Gasteiger partial charge in [0.05, 0.1) is 13.2 Å². The summed E-state index contributed by atoms with van der Waals surface area (Å²) in [5.74, 6) is 1.21. The van der Waals surface area contributed by atoms with Gasteiger partial charge in [-0.3, -0.25) is 0 Å². The van der Waals surface area contributed by atoms with Crippen LogP contribution in [0.5, 0.6) is 5.75 Å². The predicted octanol–water partition coefficient (Wildman–Crippen LogP) is 6.30. The van der Waals surface area contributed by atoms with Crippen LogP contribution in [0.1, 0.15) is 70.8 Å². The molecule has 146 valence electrons. The first-order valence-corrected chi connectivity index (χ1v) is 10.0. The Bertz CT molecular complexity index is 807. The van der Waals surface area contributed by atoms with Crippen molar-refractivity contribution < 1.29 is 9.84 Å². The lowest BCUT2D eigenvalue weighted by atomic mass is 9.81. The van der Waals surface area contributed by atoms with E-state index in [0.29, 0.717) is 0 Å². The van der Waals surface area contributed by atoms with E-state index in [1.807, 2.05) is 6.07 Å². The second-order valence-corrected chi connectivity index (χ2v) is 10.2. The normalized spacial score (nSPS) is 19.9. The number of methoxy groups -OCH3 is 1.